The molecule has 1 amide bonds. The number of nitrogens with one attached hydrogen (secondary N) is 2. The second-order valence-corrected chi connectivity index (χ2v) is 8.06. The average molecular weight is 508 g/mol. The Morgan fingerprint density at radius 3 is 2.25 bits per heavy atom. The Morgan fingerprint density at radius 1 is 1.14 bits per heavy atom. The number of aliphatic imine (C=N–C) groups is 1. The highest BCUT2D eigenvalue weighted by molar-refractivity contribution is 14.0. The third kappa shape index (κ3) is 6.49. The molecule has 0 radical (unpaired) electrons. The Bertz CT molecular complexity index is 540. The molecule has 2 N–H and O–H groups in total. The summed E-state index contributed by atoms with van der Waals surface area (Å²) in [4.78, 5) is 30.6. The maximum atomic E-state index is 12.7. The lowest BCUT2D eigenvalue weighted by molar-refractivity contribution is -0.149. The van der Waals surface area contributed by atoms with E-state index in [2.05, 4.69) is 15.6 Å². The Hall–Kier alpha value is -1.06. The van der Waals surface area contributed by atoms with E-state index in [9.17, 15) is 9.59 Å². The van der Waals surface area contributed by atoms with Crippen molar-refractivity contribution in [3.63, 3.8) is 0 Å². The molecule has 0 unspecified atom stereocenters. The molecule has 0 aromatic carbocycles. The molecule has 2 saturated carbocycles. The van der Waals surface area contributed by atoms with Gasteiger partial charge in [-0.3, -0.25) is 14.6 Å². The van der Waals surface area contributed by atoms with Gasteiger partial charge in [0.25, 0.3) is 0 Å². The van der Waals surface area contributed by atoms with E-state index in [1.807, 2.05) is 21.0 Å². The van der Waals surface area contributed by atoms with E-state index in [-0.39, 0.29) is 47.2 Å². The van der Waals surface area contributed by atoms with E-state index < -0.39 is 0 Å². The summed E-state index contributed by atoms with van der Waals surface area (Å²) in [6, 6.07) is 0.297. The van der Waals surface area contributed by atoms with Crippen LogP contribution in [-0.4, -0.2) is 63.1 Å². The van der Waals surface area contributed by atoms with Crippen molar-refractivity contribution < 1.29 is 14.3 Å². The molecule has 0 saturated heterocycles. The second-order valence-electron chi connectivity index (χ2n) is 8.06. The van der Waals surface area contributed by atoms with Crippen LogP contribution < -0.4 is 10.6 Å². The molecule has 0 spiro atoms. The number of hydrogen-bond acceptors (Lipinski definition) is 4. The minimum absolute atomic E-state index is 0. The van der Waals surface area contributed by atoms with Crippen molar-refractivity contribution in [3.8, 4) is 0 Å². The van der Waals surface area contributed by atoms with Gasteiger partial charge in [0.1, 0.15) is 0 Å². The van der Waals surface area contributed by atoms with Crippen molar-refractivity contribution in [1.82, 2.24) is 15.5 Å². The largest absolute Gasteiger partial charge is 0.466 e. The van der Waals surface area contributed by atoms with Gasteiger partial charge in [-0.15, -0.1) is 24.0 Å². The molecule has 7 nitrogen and oxygen atoms in total. The summed E-state index contributed by atoms with van der Waals surface area (Å²) in [7, 11) is 5.42. The normalized spacial score (nSPS) is 24.1. The zero-order chi connectivity index (χ0) is 19.9. The van der Waals surface area contributed by atoms with Crippen LogP contribution in [0, 0.1) is 11.3 Å². The highest BCUT2D eigenvalue weighted by Crippen LogP contribution is 2.38. The minimum Gasteiger partial charge on any atom is -0.466 e. The summed E-state index contributed by atoms with van der Waals surface area (Å²) in [6.07, 6.45) is 7.60. The van der Waals surface area contributed by atoms with Crippen molar-refractivity contribution in [2.45, 2.75) is 64.3 Å². The molecule has 0 atom stereocenters. The van der Waals surface area contributed by atoms with Gasteiger partial charge in [0.15, 0.2) is 5.96 Å². The van der Waals surface area contributed by atoms with Crippen molar-refractivity contribution in [2.75, 3.05) is 34.3 Å². The summed E-state index contributed by atoms with van der Waals surface area (Å²) >= 11 is 0. The van der Waals surface area contributed by atoms with Gasteiger partial charge >= 0.3 is 5.97 Å². The molecular weight excluding hydrogens is 471 g/mol. The van der Waals surface area contributed by atoms with Gasteiger partial charge in [-0.2, -0.15) is 0 Å². The Morgan fingerprint density at radius 2 is 1.75 bits per heavy atom. The predicted molar refractivity (Wildman–Crippen MR) is 122 cm³/mol. The van der Waals surface area contributed by atoms with Gasteiger partial charge in [-0.05, 0) is 45.4 Å². The molecular formula is C20H37IN4O3. The first-order chi connectivity index (χ1) is 12.9. The van der Waals surface area contributed by atoms with Gasteiger partial charge in [0, 0.05) is 33.7 Å². The SMILES string of the molecule is CCOC(=O)C1CCC(NC(=NC)NCC2(C(=O)N(C)C)CCCC2)CC1.I. The number of guanidine groups is 1. The molecule has 0 aromatic heterocycles. The maximum Gasteiger partial charge on any atom is 0.308 e. The van der Waals surface area contributed by atoms with Crippen LogP contribution in [0.4, 0.5) is 0 Å². The topological polar surface area (TPSA) is 83.0 Å². The third-order valence-corrected chi connectivity index (χ3v) is 5.93. The molecule has 0 aromatic rings. The standard InChI is InChI=1S/C20H36N4O3.HI/c1-5-27-17(25)15-8-10-16(11-9-15)23-19(21-2)22-14-20(12-6-7-13-20)18(26)24(3)4;/h15-16H,5-14H2,1-4H3,(H2,21,22,23);1H. The Labute approximate surface area is 186 Å². The number of carbonyl (C=O) groups excluding carboxylic acids is 2. The van der Waals surface area contributed by atoms with Crippen LogP contribution in [0.3, 0.4) is 0 Å². The number of halogens is 1. The fraction of sp³-hybridized carbons (Fsp3) is 0.850. The number of hydrogen-bond donors (Lipinski definition) is 2. The van der Waals surface area contributed by atoms with E-state index in [1.54, 1.807) is 11.9 Å². The molecule has 2 rings (SSSR count). The summed E-state index contributed by atoms with van der Waals surface area (Å²) in [5.41, 5.74) is -0.317. The first kappa shape index (κ1) is 25.0. The average Bonchev–Trinajstić information content (AvgIpc) is 3.15. The maximum absolute atomic E-state index is 12.7. The van der Waals surface area contributed by atoms with Crippen molar-refractivity contribution >= 4 is 41.8 Å². The van der Waals surface area contributed by atoms with Crippen LogP contribution >= 0.6 is 24.0 Å². The third-order valence-electron chi connectivity index (χ3n) is 5.93. The van der Waals surface area contributed by atoms with Gasteiger partial charge in [0.05, 0.1) is 17.9 Å². The quantitative estimate of drug-likeness (QED) is 0.250. The summed E-state index contributed by atoms with van der Waals surface area (Å²) < 4.78 is 5.14. The fourth-order valence-corrected chi connectivity index (χ4v) is 4.37. The zero-order valence-corrected chi connectivity index (χ0v) is 20.1. The van der Waals surface area contributed by atoms with Crippen LogP contribution in [0.2, 0.25) is 0 Å². The highest BCUT2D eigenvalue weighted by atomic mass is 127. The number of esters is 1. The molecule has 2 aliphatic carbocycles. The summed E-state index contributed by atoms with van der Waals surface area (Å²) in [5.74, 6) is 0.909. The summed E-state index contributed by atoms with van der Waals surface area (Å²) in [6.45, 7) is 2.90. The van der Waals surface area contributed by atoms with Gasteiger partial charge in [0.2, 0.25) is 5.91 Å². The van der Waals surface area contributed by atoms with Gasteiger partial charge < -0.3 is 20.3 Å². The lowest BCUT2D eigenvalue weighted by Crippen LogP contribution is -2.51. The van der Waals surface area contributed by atoms with E-state index in [0.717, 1.165) is 57.3 Å². The van der Waals surface area contributed by atoms with Gasteiger partial charge in [-0.25, -0.2) is 0 Å². The molecule has 2 aliphatic rings. The predicted octanol–water partition coefficient (Wildman–Crippen LogP) is 2.54. The smallest absolute Gasteiger partial charge is 0.308 e. The zero-order valence-electron chi connectivity index (χ0n) is 17.8. The Kier molecular flexibility index (Phi) is 10.5. The minimum atomic E-state index is -0.317. The van der Waals surface area contributed by atoms with Crippen LogP contribution in [0.1, 0.15) is 58.3 Å². The lowest BCUT2D eigenvalue weighted by Gasteiger charge is -2.33. The van der Waals surface area contributed by atoms with E-state index in [1.165, 1.54) is 0 Å². The summed E-state index contributed by atoms with van der Waals surface area (Å²) in [5, 5.41) is 6.86. The van der Waals surface area contributed by atoms with E-state index in [4.69, 9.17) is 4.74 Å². The molecule has 28 heavy (non-hydrogen) atoms. The monoisotopic (exact) mass is 508 g/mol. The number of amides is 1. The molecule has 0 aliphatic heterocycles. The van der Waals surface area contributed by atoms with Crippen LogP contribution in [0.5, 0.6) is 0 Å². The second kappa shape index (κ2) is 11.8. The molecule has 2 fully saturated rings. The number of ether oxygens (including phenoxy) is 1. The van der Waals surface area contributed by atoms with E-state index in [0.29, 0.717) is 19.2 Å². The number of rotatable bonds is 6. The lowest BCUT2D eigenvalue weighted by atomic mass is 9.84. The van der Waals surface area contributed by atoms with Gasteiger partial charge in [-0.1, -0.05) is 12.8 Å². The van der Waals surface area contributed by atoms with Crippen molar-refractivity contribution in [3.05, 3.63) is 0 Å². The molecule has 162 valence electrons. The van der Waals surface area contributed by atoms with Crippen molar-refractivity contribution in [1.29, 1.82) is 0 Å². The fourth-order valence-electron chi connectivity index (χ4n) is 4.37. The first-order valence-electron chi connectivity index (χ1n) is 10.3. The first-order valence-corrected chi connectivity index (χ1v) is 10.3. The van der Waals surface area contributed by atoms with Crippen molar-refractivity contribution in [2.24, 2.45) is 16.3 Å². The highest BCUT2D eigenvalue weighted by Gasteiger charge is 2.42. The van der Waals surface area contributed by atoms with Crippen LogP contribution in [0.15, 0.2) is 4.99 Å². The molecule has 0 bridgehead atoms. The number of nitrogens with zero attached hydrogens (tertiary/aromatic N) is 2. The van der Waals surface area contributed by atoms with Crippen LogP contribution in [-0.2, 0) is 14.3 Å². The van der Waals surface area contributed by atoms with Crippen LogP contribution in [0.25, 0.3) is 0 Å². The molecule has 0 heterocycles. The molecule has 8 heteroatoms. The van der Waals surface area contributed by atoms with E-state index >= 15 is 0 Å². The number of carbonyl (C=O) groups is 2. The Balaban J connectivity index is 0.00000392.